The van der Waals surface area contributed by atoms with Gasteiger partial charge in [-0.05, 0) is 49.1 Å². The number of carbonyl (C=O) groups is 1. The first-order chi connectivity index (χ1) is 9.99. The normalized spacial score (nSPS) is 10.4. The first kappa shape index (κ1) is 15.1. The molecular formula is C18H22N2O. The maximum atomic E-state index is 12.5. The molecule has 2 N–H and O–H groups in total. The lowest BCUT2D eigenvalue weighted by atomic mass is 10.0. The van der Waals surface area contributed by atoms with Crippen LogP contribution in [0.4, 0.5) is 5.69 Å². The molecule has 3 nitrogen and oxygen atoms in total. The summed E-state index contributed by atoms with van der Waals surface area (Å²) in [5.74, 6) is 0.0477. The van der Waals surface area contributed by atoms with Gasteiger partial charge in [0.2, 0.25) is 0 Å². The minimum Gasteiger partial charge on any atom is -0.399 e. The van der Waals surface area contributed by atoms with Gasteiger partial charge in [0.05, 0.1) is 0 Å². The van der Waals surface area contributed by atoms with Gasteiger partial charge < -0.3 is 10.6 Å². The van der Waals surface area contributed by atoms with Crippen LogP contribution in [-0.2, 0) is 6.42 Å². The molecule has 2 rings (SSSR count). The van der Waals surface area contributed by atoms with E-state index in [9.17, 15) is 4.79 Å². The summed E-state index contributed by atoms with van der Waals surface area (Å²) in [6.45, 7) is 4.55. The van der Waals surface area contributed by atoms with Crippen LogP contribution in [-0.4, -0.2) is 24.4 Å². The Balaban J connectivity index is 2.07. The predicted molar refractivity (Wildman–Crippen MR) is 87.4 cm³/mol. The number of hydrogen-bond donors (Lipinski definition) is 1. The number of aryl methyl sites for hydroxylation is 2. The minimum atomic E-state index is 0.0477. The van der Waals surface area contributed by atoms with Gasteiger partial charge in [0.15, 0.2) is 0 Å². The molecule has 110 valence electrons. The Kier molecular flexibility index (Phi) is 4.63. The lowest BCUT2D eigenvalue weighted by Crippen LogP contribution is -2.29. The van der Waals surface area contributed by atoms with Crippen LogP contribution in [0.15, 0.2) is 42.5 Å². The van der Waals surface area contributed by atoms with E-state index in [1.807, 2.05) is 51.2 Å². The summed E-state index contributed by atoms with van der Waals surface area (Å²) in [6, 6.07) is 13.9. The van der Waals surface area contributed by atoms with E-state index in [0.717, 1.165) is 28.8 Å². The molecule has 0 fully saturated rings. The predicted octanol–water partition coefficient (Wildman–Crippen LogP) is 3.20. The second-order valence-corrected chi connectivity index (χ2v) is 5.49. The molecule has 0 saturated heterocycles. The van der Waals surface area contributed by atoms with Gasteiger partial charge in [-0.2, -0.15) is 0 Å². The van der Waals surface area contributed by atoms with E-state index in [1.54, 1.807) is 4.90 Å². The molecule has 0 aliphatic rings. The third-order valence-electron chi connectivity index (χ3n) is 3.77. The lowest BCUT2D eigenvalue weighted by Gasteiger charge is -2.19. The van der Waals surface area contributed by atoms with Crippen molar-refractivity contribution < 1.29 is 4.79 Å². The maximum Gasteiger partial charge on any atom is 0.253 e. The maximum absolute atomic E-state index is 12.5. The molecule has 0 bridgehead atoms. The molecule has 0 aromatic heterocycles. The monoisotopic (exact) mass is 282 g/mol. The minimum absolute atomic E-state index is 0.0477. The smallest absolute Gasteiger partial charge is 0.253 e. The number of carbonyl (C=O) groups excluding carboxylic acids is 1. The Bertz CT molecular complexity index is 635. The van der Waals surface area contributed by atoms with Gasteiger partial charge in [-0.15, -0.1) is 0 Å². The van der Waals surface area contributed by atoms with Gasteiger partial charge in [0, 0.05) is 24.8 Å². The SMILES string of the molecule is Cc1cc(C(=O)N(C)CCc2ccccc2)c(C)cc1N. The molecule has 3 heteroatoms. The Morgan fingerprint density at radius 3 is 2.43 bits per heavy atom. The molecule has 2 aromatic carbocycles. The number of nitrogens with zero attached hydrogens (tertiary/aromatic N) is 1. The number of benzene rings is 2. The first-order valence-corrected chi connectivity index (χ1v) is 7.15. The quantitative estimate of drug-likeness (QED) is 0.875. The second-order valence-electron chi connectivity index (χ2n) is 5.49. The van der Waals surface area contributed by atoms with Crippen LogP contribution >= 0.6 is 0 Å². The Morgan fingerprint density at radius 2 is 1.76 bits per heavy atom. The van der Waals surface area contributed by atoms with Crippen molar-refractivity contribution in [3.05, 3.63) is 64.7 Å². The van der Waals surface area contributed by atoms with E-state index in [-0.39, 0.29) is 5.91 Å². The molecule has 0 saturated carbocycles. The second kappa shape index (κ2) is 6.44. The number of nitrogen functional groups attached to an aromatic ring is 1. The van der Waals surface area contributed by atoms with Crippen molar-refractivity contribution in [1.29, 1.82) is 0 Å². The molecule has 0 aliphatic heterocycles. The van der Waals surface area contributed by atoms with E-state index >= 15 is 0 Å². The highest BCUT2D eigenvalue weighted by Crippen LogP contribution is 2.19. The van der Waals surface area contributed by atoms with Gasteiger partial charge in [0.1, 0.15) is 0 Å². The van der Waals surface area contributed by atoms with Crippen LogP contribution in [0.3, 0.4) is 0 Å². The van der Waals surface area contributed by atoms with Gasteiger partial charge >= 0.3 is 0 Å². The molecule has 0 heterocycles. The van der Waals surface area contributed by atoms with Crippen LogP contribution in [0.2, 0.25) is 0 Å². The molecule has 0 unspecified atom stereocenters. The summed E-state index contributed by atoms with van der Waals surface area (Å²) in [5.41, 5.74) is 10.5. The van der Waals surface area contributed by atoms with Crippen molar-refractivity contribution >= 4 is 11.6 Å². The van der Waals surface area contributed by atoms with Crippen molar-refractivity contribution in [2.75, 3.05) is 19.3 Å². The summed E-state index contributed by atoms with van der Waals surface area (Å²) in [4.78, 5) is 14.3. The average Bonchev–Trinajstić information content (AvgIpc) is 2.49. The third kappa shape index (κ3) is 3.63. The molecule has 0 aliphatic carbocycles. The number of nitrogens with two attached hydrogens (primary N) is 1. The highest BCUT2D eigenvalue weighted by Gasteiger charge is 2.15. The van der Waals surface area contributed by atoms with Gasteiger partial charge in [-0.25, -0.2) is 0 Å². The van der Waals surface area contributed by atoms with Crippen LogP contribution in [0.5, 0.6) is 0 Å². The fraction of sp³-hybridized carbons (Fsp3) is 0.278. The summed E-state index contributed by atoms with van der Waals surface area (Å²) >= 11 is 0. The summed E-state index contributed by atoms with van der Waals surface area (Å²) in [7, 11) is 1.84. The van der Waals surface area contributed by atoms with E-state index in [1.165, 1.54) is 5.56 Å². The molecule has 1 amide bonds. The largest absolute Gasteiger partial charge is 0.399 e. The zero-order valence-electron chi connectivity index (χ0n) is 12.9. The van der Waals surface area contributed by atoms with E-state index in [4.69, 9.17) is 5.73 Å². The van der Waals surface area contributed by atoms with Gasteiger partial charge in [-0.1, -0.05) is 30.3 Å². The molecule has 0 atom stereocenters. The summed E-state index contributed by atoms with van der Waals surface area (Å²) < 4.78 is 0. The highest BCUT2D eigenvalue weighted by atomic mass is 16.2. The van der Waals surface area contributed by atoms with Crippen LogP contribution < -0.4 is 5.73 Å². The zero-order valence-corrected chi connectivity index (χ0v) is 12.9. The number of rotatable bonds is 4. The third-order valence-corrected chi connectivity index (χ3v) is 3.77. The number of amides is 1. The summed E-state index contributed by atoms with van der Waals surface area (Å²) in [6.07, 6.45) is 0.857. The van der Waals surface area contributed by atoms with E-state index in [0.29, 0.717) is 6.54 Å². The Labute approximate surface area is 126 Å². The van der Waals surface area contributed by atoms with Crippen LogP contribution in [0.1, 0.15) is 27.0 Å². The van der Waals surface area contributed by atoms with Crippen LogP contribution in [0.25, 0.3) is 0 Å². The standard InChI is InChI=1S/C18H22N2O/c1-13-12-17(19)14(2)11-16(13)18(21)20(3)10-9-15-7-5-4-6-8-15/h4-8,11-12H,9-10,19H2,1-3H3. The van der Waals surface area contributed by atoms with E-state index < -0.39 is 0 Å². The van der Waals surface area contributed by atoms with E-state index in [2.05, 4.69) is 12.1 Å². The van der Waals surface area contributed by atoms with Crippen molar-refractivity contribution in [1.82, 2.24) is 4.90 Å². The molecule has 0 radical (unpaired) electrons. The Morgan fingerprint density at radius 1 is 1.10 bits per heavy atom. The van der Waals surface area contributed by atoms with Crippen LogP contribution in [0, 0.1) is 13.8 Å². The van der Waals surface area contributed by atoms with Crippen molar-refractivity contribution in [3.63, 3.8) is 0 Å². The highest BCUT2D eigenvalue weighted by molar-refractivity contribution is 5.96. The van der Waals surface area contributed by atoms with Crippen molar-refractivity contribution in [2.24, 2.45) is 0 Å². The Hall–Kier alpha value is -2.29. The van der Waals surface area contributed by atoms with Crippen molar-refractivity contribution in [2.45, 2.75) is 20.3 Å². The van der Waals surface area contributed by atoms with Crippen molar-refractivity contribution in [3.8, 4) is 0 Å². The fourth-order valence-electron chi connectivity index (χ4n) is 2.32. The summed E-state index contributed by atoms with van der Waals surface area (Å²) in [5, 5.41) is 0. The topological polar surface area (TPSA) is 46.3 Å². The molecule has 2 aromatic rings. The molecular weight excluding hydrogens is 260 g/mol. The number of anilines is 1. The number of likely N-dealkylation sites (N-methyl/N-ethyl adjacent to an activating group) is 1. The average molecular weight is 282 g/mol. The zero-order chi connectivity index (χ0) is 15.4. The first-order valence-electron chi connectivity index (χ1n) is 7.15. The van der Waals surface area contributed by atoms with Gasteiger partial charge in [-0.3, -0.25) is 4.79 Å². The molecule has 21 heavy (non-hydrogen) atoms. The lowest BCUT2D eigenvalue weighted by molar-refractivity contribution is 0.0796. The fourth-order valence-corrected chi connectivity index (χ4v) is 2.32. The number of hydrogen-bond acceptors (Lipinski definition) is 2. The molecule has 0 spiro atoms. The van der Waals surface area contributed by atoms with Gasteiger partial charge in [0.25, 0.3) is 5.91 Å².